The summed E-state index contributed by atoms with van der Waals surface area (Å²) < 4.78 is 5.84. The van der Waals surface area contributed by atoms with Gasteiger partial charge in [0.2, 0.25) is 0 Å². The summed E-state index contributed by atoms with van der Waals surface area (Å²) >= 11 is 0. The van der Waals surface area contributed by atoms with Crippen LogP contribution in [0.3, 0.4) is 0 Å². The van der Waals surface area contributed by atoms with Crippen molar-refractivity contribution in [3.05, 3.63) is 23.7 Å². The number of rotatable bonds is 5. The highest BCUT2D eigenvalue weighted by Gasteiger charge is 2.52. The second kappa shape index (κ2) is 5.15. The molecule has 4 aliphatic carbocycles. The lowest BCUT2D eigenvalue weighted by Crippen LogP contribution is -2.54. The fourth-order valence-electron chi connectivity index (χ4n) is 5.89. The molecule has 2 heteroatoms. The molecule has 2 nitrogen and oxygen atoms in total. The number of nitrogens with one attached hydrogen (secondary N) is 1. The van der Waals surface area contributed by atoms with Gasteiger partial charge >= 0.3 is 0 Å². The van der Waals surface area contributed by atoms with Crippen molar-refractivity contribution in [3.8, 4) is 0 Å². The van der Waals surface area contributed by atoms with Crippen LogP contribution in [-0.4, -0.2) is 6.04 Å². The Labute approximate surface area is 128 Å². The van der Waals surface area contributed by atoms with Gasteiger partial charge < -0.3 is 9.73 Å². The fraction of sp³-hybridized carbons (Fsp3) is 0.789. The van der Waals surface area contributed by atoms with Crippen LogP contribution in [-0.2, 0) is 13.0 Å². The molecule has 0 aromatic carbocycles. The Kier molecular flexibility index (Phi) is 3.40. The minimum atomic E-state index is 0.592. The van der Waals surface area contributed by atoms with Crippen LogP contribution in [0.2, 0.25) is 0 Å². The lowest BCUT2D eigenvalue weighted by molar-refractivity contribution is -0.0708. The van der Waals surface area contributed by atoms with Crippen LogP contribution in [0.25, 0.3) is 0 Å². The van der Waals surface area contributed by atoms with E-state index in [1.165, 1.54) is 38.5 Å². The van der Waals surface area contributed by atoms with Gasteiger partial charge in [0.05, 0.1) is 6.54 Å². The van der Waals surface area contributed by atoms with Gasteiger partial charge in [0.1, 0.15) is 11.5 Å². The third-order valence-corrected chi connectivity index (χ3v) is 6.65. The first-order chi connectivity index (χ1) is 10.2. The maximum atomic E-state index is 5.84. The molecule has 1 heterocycles. The molecule has 0 radical (unpaired) electrons. The van der Waals surface area contributed by atoms with Crippen LogP contribution < -0.4 is 5.32 Å². The molecule has 4 saturated carbocycles. The Morgan fingerprint density at radius 3 is 2.19 bits per heavy atom. The van der Waals surface area contributed by atoms with Crippen molar-refractivity contribution in [2.24, 2.45) is 23.2 Å². The molecule has 1 aromatic heterocycles. The maximum absolute atomic E-state index is 5.84. The monoisotopic (exact) mass is 287 g/mol. The Morgan fingerprint density at radius 1 is 1.10 bits per heavy atom. The number of furan rings is 1. The first-order valence-electron chi connectivity index (χ1n) is 8.98. The first-order valence-corrected chi connectivity index (χ1v) is 8.98. The highest BCUT2D eigenvalue weighted by atomic mass is 16.3. The maximum Gasteiger partial charge on any atom is 0.117 e. The summed E-state index contributed by atoms with van der Waals surface area (Å²) in [7, 11) is 0. The lowest BCUT2D eigenvalue weighted by atomic mass is 9.48. The van der Waals surface area contributed by atoms with Crippen LogP contribution >= 0.6 is 0 Å². The average Bonchev–Trinajstić information content (AvgIpc) is 2.91. The van der Waals surface area contributed by atoms with E-state index in [9.17, 15) is 0 Å². The molecule has 1 aromatic rings. The zero-order chi connectivity index (χ0) is 14.4. The summed E-state index contributed by atoms with van der Waals surface area (Å²) in [4.78, 5) is 0. The van der Waals surface area contributed by atoms with Crippen LogP contribution in [0.1, 0.15) is 63.9 Å². The van der Waals surface area contributed by atoms with Crippen LogP contribution in [0.15, 0.2) is 16.5 Å². The van der Waals surface area contributed by atoms with E-state index in [1.54, 1.807) is 0 Å². The van der Waals surface area contributed by atoms with Gasteiger partial charge in [0.15, 0.2) is 0 Å². The first kappa shape index (κ1) is 13.9. The summed E-state index contributed by atoms with van der Waals surface area (Å²) in [5.74, 6) is 5.32. The van der Waals surface area contributed by atoms with Gasteiger partial charge in [-0.05, 0) is 80.8 Å². The van der Waals surface area contributed by atoms with Gasteiger partial charge in [0.25, 0.3) is 0 Å². The van der Waals surface area contributed by atoms with E-state index >= 15 is 0 Å². The predicted octanol–water partition coefficient (Wildman–Crippen LogP) is 4.54. The SMILES string of the molecule is CCc1ccc(CNC(C)C23CC4CC(CC(C4)C2)C3)o1. The Bertz CT molecular complexity index is 468. The van der Waals surface area contributed by atoms with Crippen molar-refractivity contribution in [1.82, 2.24) is 5.32 Å². The van der Waals surface area contributed by atoms with E-state index in [0.29, 0.717) is 11.5 Å². The third-order valence-electron chi connectivity index (χ3n) is 6.65. The van der Waals surface area contributed by atoms with Crippen LogP contribution in [0, 0.1) is 23.2 Å². The molecule has 1 atom stereocenters. The molecule has 0 amide bonds. The van der Waals surface area contributed by atoms with Gasteiger partial charge in [-0.15, -0.1) is 0 Å². The lowest BCUT2D eigenvalue weighted by Gasteiger charge is -2.59. The average molecular weight is 287 g/mol. The molecule has 0 saturated heterocycles. The van der Waals surface area contributed by atoms with E-state index in [-0.39, 0.29) is 0 Å². The Hall–Kier alpha value is -0.760. The third kappa shape index (κ3) is 2.46. The molecule has 0 spiro atoms. The molecule has 1 N–H and O–H groups in total. The molecule has 5 rings (SSSR count). The minimum absolute atomic E-state index is 0.592. The highest BCUT2D eigenvalue weighted by Crippen LogP contribution is 2.61. The van der Waals surface area contributed by atoms with E-state index in [4.69, 9.17) is 4.42 Å². The van der Waals surface area contributed by atoms with E-state index in [2.05, 4.69) is 31.3 Å². The molecular weight excluding hydrogens is 258 g/mol. The summed E-state index contributed by atoms with van der Waals surface area (Å²) in [5.41, 5.74) is 0.592. The predicted molar refractivity (Wildman–Crippen MR) is 85.0 cm³/mol. The summed E-state index contributed by atoms with van der Waals surface area (Å²) in [6, 6.07) is 4.88. The van der Waals surface area contributed by atoms with E-state index < -0.39 is 0 Å². The summed E-state index contributed by atoms with van der Waals surface area (Å²) in [6.07, 6.45) is 10.0. The minimum Gasteiger partial charge on any atom is -0.465 e. The van der Waals surface area contributed by atoms with Crippen molar-refractivity contribution in [1.29, 1.82) is 0 Å². The topological polar surface area (TPSA) is 25.2 Å². The number of hydrogen-bond acceptors (Lipinski definition) is 2. The number of aryl methyl sites for hydroxylation is 1. The van der Waals surface area contributed by atoms with Crippen molar-refractivity contribution in [2.75, 3.05) is 0 Å². The zero-order valence-electron chi connectivity index (χ0n) is 13.5. The second-order valence-electron chi connectivity index (χ2n) is 8.10. The zero-order valence-corrected chi connectivity index (χ0v) is 13.5. The largest absolute Gasteiger partial charge is 0.465 e. The molecule has 1 unspecified atom stereocenters. The Balaban J connectivity index is 1.41. The van der Waals surface area contributed by atoms with Gasteiger partial charge in [-0.1, -0.05) is 6.92 Å². The molecular formula is C19H29NO. The number of hydrogen-bond donors (Lipinski definition) is 1. The van der Waals surface area contributed by atoms with Crippen LogP contribution in [0.4, 0.5) is 0 Å². The van der Waals surface area contributed by atoms with E-state index in [0.717, 1.165) is 42.2 Å². The molecule has 4 aliphatic rings. The smallest absolute Gasteiger partial charge is 0.117 e. The molecule has 21 heavy (non-hydrogen) atoms. The fourth-order valence-corrected chi connectivity index (χ4v) is 5.89. The van der Waals surface area contributed by atoms with Crippen molar-refractivity contribution in [3.63, 3.8) is 0 Å². The van der Waals surface area contributed by atoms with Crippen molar-refractivity contribution < 1.29 is 4.42 Å². The van der Waals surface area contributed by atoms with Crippen molar-refractivity contribution >= 4 is 0 Å². The highest BCUT2D eigenvalue weighted by molar-refractivity contribution is 5.08. The summed E-state index contributed by atoms with van der Waals surface area (Å²) in [5, 5.41) is 3.80. The second-order valence-corrected chi connectivity index (χ2v) is 8.10. The molecule has 116 valence electrons. The van der Waals surface area contributed by atoms with Gasteiger partial charge in [-0.3, -0.25) is 0 Å². The summed E-state index contributed by atoms with van der Waals surface area (Å²) in [6.45, 7) is 5.47. The van der Waals surface area contributed by atoms with E-state index in [1.807, 2.05) is 0 Å². The molecule has 4 bridgehead atoms. The standard InChI is InChI=1S/C19H29NO/c1-3-17-4-5-18(21-17)12-20-13(2)19-9-14-6-15(10-19)8-16(7-14)11-19/h4-5,13-16,20H,3,6-12H2,1-2H3. The normalized spacial score (nSPS) is 38.9. The van der Waals surface area contributed by atoms with Gasteiger partial charge in [0, 0.05) is 12.5 Å². The molecule has 4 fully saturated rings. The van der Waals surface area contributed by atoms with Gasteiger partial charge in [-0.2, -0.15) is 0 Å². The molecule has 0 aliphatic heterocycles. The van der Waals surface area contributed by atoms with Gasteiger partial charge in [-0.25, -0.2) is 0 Å². The quantitative estimate of drug-likeness (QED) is 0.860. The van der Waals surface area contributed by atoms with Crippen molar-refractivity contribution in [2.45, 2.75) is 71.4 Å². The Morgan fingerprint density at radius 2 is 1.67 bits per heavy atom. The van der Waals surface area contributed by atoms with Crippen LogP contribution in [0.5, 0.6) is 0 Å².